The van der Waals surface area contributed by atoms with Gasteiger partial charge in [0.2, 0.25) is 11.8 Å². The standard InChI is InChI=1S/C47H62F3N7O7/c1-8-40(58)55-23-32(24-55)63-25-36(28(2)3)43(59)52-38-20-31-22-54(17-18-62-31)30-13-14-39-34(19-30)35(21-46(6,7)27-64-45(61)37-12-10-16-57(53-37)44(38)60)42(56(39)26-47(48,49)50)33-11-9-15-51-41(33)29(4)5/h8-9,11,13-15,19,28-29,31-32,36-38,53H,1,10,12,16-18,20-27H2,2-7H3,(H,52,59)/t31-,36-,37-,38-/m0/s1. The summed E-state index contributed by atoms with van der Waals surface area (Å²) in [5, 5.41) is 5.07. The molecule has 64 heavy (non-hydrogen) atoms. The molecule has 3 amide bonds. The molecular weight excluding hydrogens is 832 g/mol. The van der Waals surface area contributed by atoms with Gasteiger partial charge in [0.25, 0.3) is 5.91 Å². The number of fused-ring (bicyclic) bond motifs is 6. The van der Waals surface area contributed by atoms with Gasteiger partial charge in [0.1, 0.15) is 18.6 Å². The summed E-state index contributed by atoms with van der Waals surface area (Å²) in [6.07, 6.45) is -1.11. The van der Waals surface area contributed by atoms with E-state index < -0.39 is 54.1 Å². The number of hydrogen-bond donors (Lipinski definition) is 2. The Hall–Kier alpha value is -5.00. The van der Waals surface area contributed by atoms with E-state index in [9.17, 15) is 32.3 Å². The minimum Gasteiger partial charge on any atom is -0.464 e. The number of halogens is 3. The zero-order valence-corrected chi connectivity index (χ0v) is 37.7. The molecule has 6 bridgehead atoms. The van der Waals surface area contributed by atoms with E-state index in [1.807, 2.05) is 59.7 Å². The molecule has 0 saturated carbocycles. The van der Waals surface area contributed by atoms with Crippen molar-refractivity contribution >= 4 is 40.3 Å². The van der Waals surface area contributed by atoms with E-state index in [1.54, 1.807) is 23.2 Å². The van der Waals surface area contributed by atoms with Gasteiger partial charge in [-0.05, 0) is 73.1 Å². The van der Waals surface area contributed by atoms with Gasteiger partial charge < -0.3 is 33.9 Å². The second-order valence-electron chi connectivity index (χ2n) is 19.1. The van der Waals surface area contributed by atoms with Crippen molar-refractivity contribution in [2.75, 3.05) is 57.4 Å². The van der Waals surface area contributed by atoms with Crippen molar-refractivity contribution in [3.8, 4) is 11.3 Å². The molecule has 3 fully saturated rings. The van der Waals surface area contributed by atoms with Crippen LogP contribution in [0.25, 0.3) is 22.2 Å². The van der Waals surface area contributed by atoms with E-state index in [4.69, 9.17) is 14.2 Å². The number of morpholine rings is 1. The number of nitrogens with zero attached hydrogens (tertiary/aromatic N) is 5. The normalized spacial score (nSPS) is 22.9. The molecule has 1 aromatic carbocycles. The first kappa shape index (κ1) is 47.0. The molecule has 4 atom stereocenters. The van der Waals surface area contributed by atoms with Gasteiger partial charge in [-0.15, -0.1) is 0 Å². The summed E-state index contributed by atoms with van der Waals surface area (Å²) in [5.74, 6) is -2.39. The Morgan fingerprint density at radius 1 is 1.11 bits per heavy atom. The summed E-state index contributed by atoms with van der Waals surface area (Å²) in [6.45, 7) is 16.2. The van der Waals surface area contributed by atoms with E-state index in [0.29, 0.717) is 85.6 Å². The minimum atomic E-state index is -4.54. The number of rotatable bonds is 10. The highest BCUT2D eigenvalue weighted by Gasteiger charge is 2.40. The van der Waals surface area contributed by atoms with E-state index in [1.165, 1.54) is 15.7 Å². The molecule has 17 heteroatoms. The molecule has 0 unspecified atom stereocenters. The summed E-state index contributed by atoms with van der Waals surface area (Å²) < 4.78 is 63.5. The van der Waals surface area contributed by atoms with Gasteiger partial charge in [-0.25, -0.2) is 5.43 Å². The second kappa shape index (κ2) is 19.2. The summed E-state index contributed by atoms with van der Waals surface area (Å²) in [4.78, 5) is 62.8. The number of esters is 1. The van der Waals surface area contributed by atoms with E-state index in [-0.39, 0.29) is 55.8 Å². The Balaban J connectivity index is 1.25. The lowest BCUT2D eigenvalue weighted by molar-refractivity contribution is -0.156. The Morgan fingerprint density at radius 3 is 2.58 bits per heavy atom. The molecule has 0 radical (unpaired) electrons. The number of cyclic esters (lactones) is 1. The zero-order valence-electron chi connectivity index (χ0n) is 37.7. The lowest BCUT2D eigenvalue weighted by Gasteiger charge is -2.40. The van der Waals surface area contributed by atoms with Crippen LogP contribution < -0.4 is 15.6 Å². The van der Waals surface area contributed by atoms with Crippen molar-refractivity contribution in [3.63, 3.8) is 0 Å². The lowest BCUT2D eigenvalue weighted by atomic mass is 9.84. The Morgan fingerprint density at radius 2 is 1.88 bits per heavy atom. The Bertz CT molecular complexity index is 2220. The SMILES string of the molecule is C=CC(=O)N1CC(OC[C@H](C(=O)N[C@H]2C[C@H]3CN(CCO3)c3ccc4c(c3)c(c(-c3cccnc3C(C)C)n4CC(F)(F)F)CC(C)(C)COC(=O)[C@@H]3CCCN(N3)C2=O)C(C)C)C1. The fraction of sp³-hybridized carbons (Fsp3) is 0.596. The molecule has 3 saturated heterocycles. The van der Waals surface area contributed by atoms with Crippen molar-refractivity contribution in [3.05, 3.63) is 60.4 Å². The third-order valence-electron chi connectivity index (χ3n) is 12.7. The second-order valence-corrected chi connectivity index (χ2v) is 19.1. The van der Waals surface area contributed by atoms with Gasteiger partial charge in [-0.2, -0.15) is 13.2 Å². The Kier molecular flexibility index (Phi) is 14.1. The number of hydrogen-bond acceptors (Lipinski definition) is 10. The van der Waals surface area contributed by atoms with Crippen LogP contribution in [-0.4, -0.2) is 126 Å². The first-order chi connectivity index (χ1) is 30.3. The van der Waals surface area contributed by atoms with Crippen LogP contribution in [0.1, 0.15) is 78.0 Å². The highest BCUT2D eigenvalue weighted by atomic mass is 19.4. The maximum Gasteiger partial charge on any atom is 0.406 e. The van der Waals surface area contributed by atoms with Gasteiger partial charge in [-0.3, -0.25) is 29.2 Å². The number of hydrazine groups is 1. The number of pyridine rings is 1. The van der Waals surface area contributed by atoms with Crippen LogP contribution in [0.3, 0.4) is 0 Å². The number of alkyl halides is 3. The number of aromatic nitrogens is 2. The zero-order chi connectivity index (χ0) is 46.1. The van der Waals surface area contributed by atoms with Crippen molar-refractivity contribution in [2.45, 2.75) is 110 Å². The number of likely N-dealkylation sites (tertiary alicyclic amines) is 1. The van der Waals surface area contributed by atoms with E-state index in [2.05, 4.69) is 27.2 Å². The number of benzene rings is 1. The number of anilines is 1. The monoisotopic (exact) mass is 893 g/mol. The topological polar surface area (TPSA) is 148 Å². The van der Waals surface area contributed by atoms with Crippen molar-refractivity contribution < 1.29 is 46.6 Å². The molecule has 4 aliphatic rings. The van der Waals surface area contributed by atoms with E-state index >= 15 is 0 Å². The molecule has 4 aliphatic heterocycles. The lowest BCUT2D eigenvalue weighted by Crippen LogP contribution is -2.61. The molecule has 3 aromatic rings. The molecule has 0 spiro atoms. The van der Waals surface area contributed by atoms with Gasteiger partial charge in [0.15, 0.2) is 0 Å². The maximum absolute atomic E-state index is 14.6. The quantitative estimate of drug-likeness (QED) is 0.190. The largest absolute Gasteiger partial charge is 0.464 e. The van der Waals surface area contributed by atoms with Crippen LogP contribution in [-0.2, 0) is 46.4 Å². The first-order valence-corrected chi connectivity index (χ1v) is 22.4. The first-order valence-electron chi connectivity index (χ1n) is 22.4. The predicted molar refractivity (Wildman–Crippen MR) is 235 cm³/mol. The number of ether oxygens (including phenoxy) is 3. The van der Waals surface area contributed by atoms with Crippen LogP contribution >= 0.6 is 0 Å². The Labute approximate surface area is 372 Å². The van der Waals surface area contributed by atoms with Gasteiger partial charge in [0, 0.05) is 72.9 Å². The van der Waals surface area contributed by atoms with E-state index in [0.717, 1.165) is 5.69 Å². The number of carbonyl (C=O) groups excluding carboxylic acids is 4. The number of carbonyl (C=O) groups is 4. The smallest absolute Gasteiger partial charge is 0.406 e. The average molecular weight is 894 g/mol. The summed E-state index contributed by atoms with van der Waals surface area (Å²) in [5.41, 5.74) is 5.94. The van der Waals surface area contributed by atoms with Crippen molar-refractivity contribution in [1.29, 1.82) is 0 Å². The van der Waals surface area contributed by atoms with Crippen LogP contribution in [0.2, 0.25) is 0 Å². The molecular formula is C47H62F3N7O7. The number of nitrogens with one attached hydrogen (secondary N) is 2. The minimum absolute atomic E-state index is 0.0426. The molecule has 0 aliphatic carbocycles. The number of amides is 3. The summed E-state index contributed by atoms with van der Waals surface area (Å²) >= 11 is 0. The van der Waals surface area contributed by atoms with Crippen molar-refractivity contribution in [2.24, 2.45) is 17.3 Å². The average Bonchev–Trinajstić information content (AvgIpc) is 3.51. The van der Waals surface area contributed by atoms with Crippen LogP contribution in [0, 0.1) is 17.3 Å². The van der Waals surface area contributed by atoms with Gasteiger partial charge in [0.05, 0.1) is 49.3 Å². The summed E-state index contributed by atoms with van der Waals surface area (Å²) in [7, 11) is 0. The molecule has 2 N–H and O–H groups in total. The maximum atomic E-state index is 14.6. The van der Waals surface area contributed by atoms with Gasteiger partial charge >= 0.3 is 12.1 Å². The highest BCUT2D eigenvalue weighted by Crippen LogP contribution is 2.43. The third-order valence-corrected chi connectivity index (χ3v) is 12.7. The predicted octanol–water partition coefficient (Wildman–Crippen LogP) is 5.78. The molecule has 6 heterocycles. The fourth-order valence-corrected chi connectivity index (χ4v) is 9.24. The highest BCUT2D eigenvalue weighted by molar-refractivity contribution is 5.95. The fourth-order valence-electron chi connectivity index (χ4n) is 9.24. The summed E-state index contributed by atoms with van der Waals surface area (Å²) in [6, 6.07) is 7.17. The van der Waals surface area contributed by atoms with Crippen LogP contribution in [0.15, 0.2) is 49.2 Å². The molecule has 7 rings (SSSR count). The molecule has 14 nitrogen and oxygen atoms in total. The molecule has 348 valence electrons. The van der Waals surface area contributed by atoms with Gasteiger partial charge in [-0.1, -0.05) is 48.1 Å². The third kappa shape index (κ3) is 10.6. The van der Waals surface area contributed by atoms with Crippen LogP contribution in [0.4, 0.5) is 18.9 Å². The molecule has 2 aromatic heterocycles. The van der Waals surface area contributed by atoms with Crippen LogP contribution in [0.5, 0.6) is 0 Å². The van der Waals surface area contributed by atoms with Crippen molar-refractivity contribution in [1.82, 2.24) is 30.2 Å².